The molecule has 0 unspecified atom stereocenters. The minimum Gasteiger partial charge on any atom is -0.462 e. The fraction of sp³-hybridized carbons (Fsp3) is 0.438. The lowest BCUT2D eigenvalue weighted by Crippen LogP contribution is -2.16. The second kappa shape index (κ2) is 7.04. The van der Waals surface area contributed by atoms with Crippen molar-refractivity contribution < 1.29 is 14.3 Å². The molecule has 2 rings (SSSR count). The zero-order valence-electron chi connectivity index (χ0n) is 14.0. The summed E-state index contributed by atoms with van der Waals surface area (Å²) in [7, 11) is 1.88. The zero-order valence-corrected chi connectivity index (χ0v) is 14.8. The van der Waals surface area contributed by atoms with Gasteiger partial charge in [-0.3, -0.25) is 4.79 Å². The lowest BCUT2D eigenvalue weighted by molar-refractivity contribution is 0.0525. The van der Waals surface area contributed by atoms with Gasteiger partial charge in [-0.15, -0.1) is 0 Å². The van der Waals surface area contributed by atoms with Gasteiger partial charge in [-0.1, -0.05) is 11.8 Å². The van der Waals surface area contributed by atoms with Crippen molar-refractivity contribution in [1.82, 2.24) is 14.5 Å². The number of ether oxygens (including phenoxy) is 1. The van der Waals surface area contributed by atoms with Crippen molar-refractivity contribution >= 4 is 23.5 Å². The molecule has 2 heterocycles. The number of imidazole rings is 1. The number of H-pyrrole nitrogens is 1. The number of carbonyl (C=O) groups is 2. The van der Waals surface area contributed by atoms with Crippen LogP contribution in [-0.4, -0.2) is 38.1 Å². The number of hydrogen-bond acceptors (Lipinski definition) is 5. The number of nitrogens with zero attached hydrogens (tertiary/aromatic N) is 2. The van der Waals surface area contributed by atoms with Crippen LogP contribution in [0.4, 0.5) is 0 Å². The Labute approximate surface area is 139 Å². The Morgan fingerprint density at radius 3 is 2.70 bits per heavy atom. The molecular weight excluding hydrogens is 314 g/mol. The average Bonchev–Trinajstić information content (AvgIpc) is 3.02. The van der Waals surface area contributed by atoms with E-state index in [1.165, 1.54) is 11.8 Å². The molecule has 2 aromatic rings. The smallest absolute Gasteiger partial charge is 0.340 e. The molecule has 0 fully saturated rings. The van der Waals surface area contributed by atoms with Gasteiger partial charge in [-0.05, 0) is 33.3 Å². The first kappa shape index (κ1) is 17.3. The molecule has 0 aliphatic rings. The number of nitrogens with one attached hydrogen (secondary N) is 1. The standard InChI is InChI=1S/C16H21N3O3S/c1-6-22-15(21)12-9(2)13(18-10(12)3)14(20)11(4)23-16-17-7-8-19(16)5/h7-8,11,18H,6H2,1-5H3/t11-/m1/s1. The Kier molecular flexibility index (Phi) is 5.30. The van der Waals surface area contributed by atoms with Crippen molar-refractivity contribution in [1.29, 1.82) is 0 Å². The van der Waals surface area contributed by atoms with Gasteiger partial charge in [-0.25, -0.2) is 9.78 Å². The molecule has 0 amide bonds. The summed E-state index contributed by atoms with van der Waals surface area (Å²) in [6.45, 7) is 7.43. The molecule has 0 aliphatic carbocycles. The van der Waals surface area contributed by atoms with E-state index in [-0.39, 0.29) is 11.0 Å². The van der Waals surface area contributed by atoms with Gasteiger partial charge in [0.2, 0.25) is 0 Å². The third-order valence-corrected chi connectivity index (χ3v) is 4.76. The van der Waals surface area contributed by atoms with Gasteiger partial charge in [0.1, 0.15) is 0 Å². The van der Waals surface area contributed by atoms with Crippen molar-refractivity contribution in [3.05, 3.63) is 34.9 Å². The summed E-state index contributed by atoms with van der Waals surface area (Å²) in [6.07, 6.45) is 3.53. The van der Waals surface area contributed by atoms with Gasteiger partial charge in [0.25, 0.3) is 0 Å². The van der Waals surface area contributed by atoms with Gasteiger partial charge in [0, 0.05) is 25.1 Å². The SMILES string of the molecule is CCOC(=O)c1c(C)[nH]c(C(=O)[C@@H](C)Sc2nccn2C)c1C. The van der Waals surface area contributed by atoms with Crippen molar-refractivity contribution in [2.75, 3.05) is 6.61 Å². The van der Waals surface area contributed by atoms with Crippen LogP contribution in [0.5, 0.6) is 0 Å². The first-order valence-corrected chi connectivity index (χ1v) is 8.29. The highest BCUT2D eigenvalue weighted by molar-refractivity contribution is 8.00. The number of aromatic nitrogens is 3. The Morgan fingerprint density at radius 2 is 2.13 bits per heavy atom. The van der Waals surface area contributed by atoms with Gasteiger partial charge >= 0.3 is 5.97 Å². The molecule has 0 saturated heterocycles. The van der Waals surface area contributed by atoms with E-state index >= 15 is 0 Å². The minimum atomic E-state index is -0.401. The summed E-state index contributed by atoms with van der Waals surface area (Å²) in [5.41, 5.74) is 2.20. The topological polar surface area (TPSA) is 77.0 Å². The van der Waals surface area contributed by atoms with E-state index in [1.54, 1.807) is 27.0 Å². The van der Waals surface area contributed by atoms with E-state index < -0.39 is 5.97 Å². The highest BCUT2D eigenvalue weighted by Crippen LogP contribution is 2.27. The summed E-state index contributed by atoms with van der Waals surface area (Å²) in [5.74, 6) is -0.462. The van der Waals surface area contributed by atoms with Crippen LogP contribution in [-0.2, 0) is 11.8 Å². The lowest BCUT2D eigenvalue weighted by atomic mass is 10.1. The molecule has 0 radical (unpaired) electrons. The first-order valence-electron chi connectivity index (χ1n) is 7.41. The Balaban J connectivity index is 2.24. The molecule has 6 nitrogen and oxygen atoms in total. The molecule has 1 atom stereocenters. The van der Waals surface area contributed by atoms with Crippen LogP contribution < -0.4 is 0 Å². The van der Waals surface area contributed by atoms with Crippen LogP contribution in [0, 0.1) is 13.8 Å². The number of aryl methyl sites for hydroxylation is 2. The number of ketones is 1. The average molecular weight is 335 g/mol. The number of aromatic amines is 1. The molecule has 0 bridgehead atoms. The lowest BCUT2D eigenvalue weighted by Gasteiger charge is -2.10. The van der Waals surface area contributed by atoms with Gasteiger partial charge in [-0.2, -0.15) is 0 Å². The third-order valence-electron chi connectivity index (χ3n) is 3.59. The fourth-order valence-electron chi connectivity index (χ4n) is 2.39. The van der Waals surface area contributed by atoms with Crippen molar-refractivity contribution in [3.63, 3.8) is 0 Å². The minimum absolute atomic E-state index is 0.0610. The van der Waals surface area contributed by atoms with Gasteiger partial charge in [0.15, 0.2) is 10.9 Å². The van der Waals surface area contributed by atoms with Crippen LogP contribution in [0.25, 0.3) is 0 Å². The molecule has 124 valence electrons. The molecule has 2 aromatic heterocycles. The Hall–Kier alpha value is -2.02. The number of hydrogen-bond donors (Lipinski definition) is 1. The maximum absolute atomic E-state index is 12.7. The molecule has 0 aromatic carbocycles. The number of carbonyl (C=O) groups excluding carboxylic acids is 2. The van der Waals surface area contributed by atoms with E-state index in [4.69, 9.17) is 4.74 Å². The summed E-state index contributed by atoms with van der Waals surface area (Å²) in [6, 6.07) is 0. The fourth-order valence-corrected chi connectivity index (χ4v) is 3.28. The summed E-state index contributed by atoms with van der Waals surface area (Å²) >= 11 is 1.39. The first-order chi connectivity index (χ1) is 10.9. The van der Waals surface area contributed by atoms with E-state index in [9.17, 15) is 9.59 Å². The maximum Gasteiger partial charge on any atom is 0.340 e. The second-order valence-electron chi connectivity index (χ2n) is 5.29. The molecule has 0 spiro atoms. The van der Waals surface area contributed by atoms with Crippen LogP contribution in [0.1, 0.15) is 46.0 Å². The Morgan fingerprint density at radius 1 is 1.43 bits per heavy atom. The van der Waals surface area contributed by atoms with Crippen LogP contribution in [0.3, 0.4) is 0 Å². The molecule has 7 heteroatoms. The number of Topliss-reactive ketones (excluding diaryl/α,β-unsaturated/α-hetero) is 1. The monoisotopic (exact) mass is 335 g/mol. The maximum atomic E-state index is 12.7. The number of rotatable bonds is 6. The van der Waals surface area contributed by atoms with Crippen LogP contribution >= 0.6 is 11.8 Å². The summed E-state index contributed by atoms with van der Waals surface area (Å²) in [4.78, 5) is 32.0. The van der Waals surface area contributed by atoms with Crippen LogP contribution in [0.2, 0.25) is 0 Å². The highest BCUT2D eigenvalue weighted by Gasteiger charge is 2.26. The normalized spacial score (nSPS) is 12.2. The quantitative estimate of drug-likeness (QED) is 0.499. The predicted octanol–water partition coefficient (Wildman–Crippen LogP) is 2.91. The van der Waals surface area contributed by atoms with Gasteiger partial charge in [0.05, 0.1) is 23.1 Å². The number of thioether (sulfide) groups is 1. The van der Waals surface area contributed by atoms with Crippen molar-refractivity contribution in [2.45, 2.75) is 38.1 Å². The van der Waals surface area contributed by atoms with Crippen molar-refractivity contribution in [2.24, 2.45) is 7.05 Å². The second-order valence-corrected chi connectivity index (χ2v) is 6.60. The third kappa shape index (κ3) is 3.50. The van der Waals surface area contributed by atoms with Gasteiger partial charge < -0.3 is 14.3 Å². The summed E-state index contributed by atoms with van der Waals surface area (Å²) in [5, 5.41) is 0.459. The highest BCUT2D eigenvalue weighted by atomic mass is 32.2. The van der Waals surface area contributed by atoms with E-state index in [0.29, 0.717) is 29.1 Å². The largest absolute Gasteiger partial charge is 0.462 e. The molecule has 0 aliphatic heterocycles. The Bertz CT molecular complexity index is 733. The predicted molar refractivity (Wildman–Crippen MR) is 89.1 cm³/mol. The number of esters is 1. The zero-order chi connectivity index (χ0) is 17.1. The van der Waals surface area contributed by atoms with Crippen molar-refractivity contribution in [3.8, 4) is 0 Å². The van der Waals surface area contributed by atoms with E-state index in [2.05, 4.69) is 9.97 Å². The van der Waals surface area contributed by atoms with Crippen LogP contribution in [0.15, 0.2) is 17.6 Å². The molecular formula is C16H21N3O3S. The summed E-state index contributed by atoms with van der Waals surface area (Å²) < 4.78 is 6.92. The van der Waals surface area contributed by atoms with E-state index in [0.717, 1.165) is 5.16 Å². The molecule has 0 saturated carbocycles. The molecule has 1 N–H and O–H groups in total. The molecule has 23 heavy (non-hydrogen) atoms. The van der Waals surface area contributed by atoms with E-state index in [1.807, 2.05) is 24.7 Å².